The smallest absolute Gasteiger partial charge is 0.345 e. The van der Waals surface area contributed by atoms with E-state index in [9.17, 15) is 19.2 Å². The summed E-state index contributed by atoms with van der Waals surface area (Å²) in [7, 11) is 0. The van der Waals surface area contributed by atoms with Crippen molar-refractivity contribution in [1.29, 1.82) is 0 Å². The third kappa shape index (κ3) is 5.46. The molecule has 5 heterocycles. The number of hydrogen-bond donors (Lipinski definition) is 1. The Labute approximate surface area is 267 Å². The maximum Gasteiger partial charge on any atom is 0.345 e. The number of carboxylic acid groups (broad SMARTS) is 1. The van der Waals surface area contributed by atoms with Gasteiger partial charge in [0.2, 0.25) is 5.91 Å². The zero-order valence-electron chi connectivity index (χ0n) is 24.9. The molecular weight excluding hydrogens is 611 g/mol. The third-order valence-corrected chi connectivity index (χ3v) is 12.5. The van der Waals surface area contributed by atoms with E-state index < -0.39 is 17.1 Å². The maximum atomic E-state index is 13.7. The summed E-state index contributed by atoms with van der Waals surface area (Å²) in [4.78, 5) is 35.5. The van der Waals surface area contributed by atoms with Gasteiger partial charge >= 0.3 is 5.97 Å². The molecule has 1 saturated heterocycles. The highest BCUT2D eigenvalue weighted by molar-refractivity contribution is 7.91. The number of aromatic nitrogens is 2. The summed E-state index contributed by atoms with van der Waals surface area (Å²) in [5.41, 5.74) is 7.07. The Balaban J connectivity index is 1.38. The summed E-state index contributed by atoms with van der Waals surface area (Å²) >= 11 is 2.23. The molecule has 0 unspecified atom stereocenters. The van der Waals surface area contributed by atoms with Crippen molar-refractivity contribution in [2.45, 2.75) is 58.4 Å². The van der Waals surface area contributed by atoms with Gasteiger partial charge in [-0.2, -0.15) is 0 Å². The van der Waals surface area contributed by atoms with E-state index in [1.165, 1.54) is 38.6 Å². The van der Waals surface area contributed by atoms with E-state index >= 15 is 0 Å². The summed E-state index contributed by atoms with van der Waals surface area (Å²) in [6.45, 7) is 5.34. The maximum absolute atomic E-state index is 13.7. The molecule has 1 saturated carbocycles. The molecule has 1 aromatic carbocycles. The number of benzene rings is 1. The number of hydrogen-bond acceptors (Lipinski definition) is 6. The fourth-order valence-corrected chi connectivity index (χ4v) is 10.0. The minimum atomic E-state index is -0.942. The Morgan fingerprint density at radius 2 is 1.80 bits per heavy atom. The van der Waals surface area contributed by atoms with Crippen LogP contribution in [0.5, 0.6) is 0 Å². The quantitative estimate of drug-likeness (QED) is 0.192. The van der Waals surface area contributed by atoms with Gasteiger partial charge in [0.25, 0.3) is 0 Å². The number of carbonyl (C=O) groups is 2. The summed E-state index contributed by atoms with van der Waals surface area (Å²) in [6.07, 6.45) is 5.60. The van der Waals surface area contributed by atoms with Crippen LogP contribution in [-0.4, -0.2) is 60.6 Å². The first-order chi connectivity index (χ1) is 21.3. The average molecular weight is 646 g/mol. The Bertz CT molecular complexity index is 1890. The lowest BCUT2D eigenvalue weighted by Gasteiger charge is -2.29. The van der Waals surface area contributed by atoms with Crippen LogP contribution in [0.1, 0.15) is 63.0 Å². The SMILES string of the molecule is Cc1cc(-c2ccc3cc(-c4c(C5CCCCC5)c5sc(C(=O)O)cc5n4CC(=O)N4CC[S+]([O-])CC4)ccc3n2)c(C)s1. The third-order valence-electron chi connectivity index (χ3n) is 9.10. The van der Waals surface area contributed by atoms with Gasteiger partial charge in [0.1, 0.15) is 22.9 Å². The summed E-state index contributed by atoms with van der Waals surface area (Å²) in [5.74, 6) is 0.336. The molecule has 2 aliphatic rings. The second-order valence-corrected chi connectivity index (χ2v) is 16.2. The number of nitrogens with zero attached hydrogens (tertiary/aromatic N) is 3. The second-order valence-electron chi connectivity index (χ2n) is 12.0. The minimum Gasteiger partial charge on any atom is -0.616 e. The van der Waals surface area contributed by atoms with Crippen LogP contribution >= 0.6 is 22.7 Å². The van der Waals surface area contributed by atoms with Crippen LogP contribution in [0, 0.1) is 13.8 Å². The van der Waals surface area contributed by atoms with Crippen molar-refractivity contribution >= 4 is 66.8 Å². The fourth-order valence-electron chi connectivity index (χ4n) is 6.93. The van der Waals surface area contributed by atoms with Gasteiger partial charge < -0.3 is 19.1 Å². The molecule has 1 N–H and O–H groups in total. The molecule has 7 rings (SSSR count). The topological polar surface area (TPSA) is 98.5 Å². The number of aromatic carboxylic acids is 1. The van der Waals surface area contributed by atoms with Crippen molar-refractivity contribution in [3.8, 4) is 22.5 Å². The summed E-state index contributed by atoms with van der Waals surface area (Å²) in [6, 6.07) is 14.5. The number of thiophene rings is 2. The Hall–Kier alpha value is -3.18. The monoisotopic (exact) mass is 645 g/mol. The molecule has 4 aromatic heterocycles. The van der Waals surface area contributed by atoms with Crippen molar-refractivity contribution < 1.29 is 19.2 Å². The number of carbonyl (C=O) groups excluding carboxylic acids is 1. The van der Waals surface area contributed by atoms with Crippen LogP contribution < -0.4 is 0 Å². The molecule has 44 heavy (non-hydrogen) atoms. The molecule has 0 radical (unpaired) electrons. The zero-order valence-corrected chi connectivity index (χ0v) is 27.4. The highest BCUT2D eigenvalue weighted by atomic mass is 32.2. The number of amides is 1. The van der Waals surface area contributed by atoms with Crippen molar-refractivity contribution in [3.63, 3.8) is 0 Å². The lowest BCUT2D eigenvalue weighted by Crippen LogP contribution is -2.45. The number of fused-ring (bicyclic) bond motifs is 2. The number of aryl methyl sites for hydroxylation is 2. The van der Waals surface area contributed by atoms with Crippen LogP contribution in [0.2, 0.25) is 0 Å². The van der Waals surface area contributed by atoms with Gasteiger partial charge in [-0.3, -0.25) is 4.79 Å². The van der Waals surface area contributed by atoms with Gasteiger partial charge in [-0.15, -0.1) is 22.7 Å². The first kappa shape index (κ1) is 29.5. The summed E-state index contributed by atoms with van der Waals surface area (Å²) < 4.78 is 15.0. The zero-order chi connectivity index (χ0) is 30.5. The van der Waals surface area contributed by atoms with Crippen LogP contribution in [0.25, 0.3) is 43.6 Å². The Morgan fingerprint density at radius 3 is 2.50 bits per heavy atom. The van der Waals surface area contributed by atoms with Gasteiger partial charge in [-0.25, -0.2) is 9.78 Å². The molecule has 7 nitrogen and oxygen atoms in total. The Kier molecular flexibility index (Phi) is 8.03. The molecule has 0 bridgehead atoms. The van der Waals surface area contributed by atoms with Gasteiger partial charge in [0, 0.05) is 20.7 Å². The number of carboxylic acids is 1. The highest BCUT2D eigenvalue weighted by Gasteiger charge is 2.31. The second kappa shape index (κ2) is 12.0. The van der Waals surface area contributed by atoms with Gasteiger partial charge in [0.15, 0.2) is 0 Å². The fraction of sp³-hybridized carbons (Fsp3) is 0.382. The van der Waals surface area contributed by atoms with Crippen LogP contribution in [-0.2, 0) is 22.5 Å². The molecule has 228 valence electrons. The number of pyridine rings is 1. The molecule has 5 aromatic rings. The normalized spacial score (nSPS) is 16.8. The largest absolute Gasteiger partial charge is 0.616 e. The molecule has 0 atom stereocenters. The van der Waals surface area contributed by atoms with E-state index in [-0.39, 0.29) is 12.5 Å². The van der Waals surface area contributed by atoms with Gasteiger partial charge in [-0.1, -0.05) is 42.6 Å². The van der Waals surface area contributed by atoms with E-state index in [4.69, 9.17) is 4.98 Å². The Morgan fingerprint density at radius 1 is 1.02 bits per heavy atom. The van der Waals surface area contributed by atoms with Crippen LogP contribution in [0.4, 0.5) is 0 Å². The van der Waals surface area contributed by atoms with E-state index in [1.54, 1.807) is 17.4 Å². The standard InChI is InChI=1S/C34H35N3O4S3/c1-20-16-25(21(2)42-20)27-11-8-23-17-24(9-10-26(23)35-27)32-31(22-6-4-3-5-7-22)33-28(18-29(43-33)34(39)40)37(32)19-30(38)36-12-14-44(41)15-13-36/h8-11,16-18,22H,3-7,12-15,19H2,1-2H3,(H,39,40). The molecule has 0 spiro atoms. The molecule has 1 aliphatic heterocycles. The molecular formula is C34H35N3O4S3. The predicted molar refractivity (Wildman–Crippen MR) is 181 cm³/mol. The van der Waals surface area contributed by atoms with E-state index in [0.29, 0.717) is 35.4 Å². The van der Waals surface area contributed by atoms with Crippen LogP contribution in [0.3, 0.4) is 0 Å². The first-order valence-corrected chi connectivity index (χ1v) is 18.4. The van der Waals surface area contributed by atoms with E-state index in [0.717, 1.165) is 63.8 Å². The molecule has 2 fully saturated rings. The summed E-state index contributed by atoms with van der Waals surface area (Å²) in [5, 5.41) is 11.0. The lowest BCUT2D eigenvalue weighted by molar-refractivity contribution is -0.131. The van der Waals surface area contributed by atoms with Gasteiger partial charge in [-0.05, 0) is 74.1 Å². The van der Waals surface area contributed by atoms with Crippen molar-refractivity contribution in [1.82, 2.24) is 14.5 Å². The molecule has 10 heteroatoms. The first-order valence-electron chi connectivity index (χ1n) is 15.3. The number of rotatable bonds is 6. The van der Waals surface area contributed by atoms with E-state index in [2.05, 4.69) is 54.8 Å². The lowest BCUT2D eigenvalue weighted by atomic mass is 9.83. The van der Waals surface area contributed by atoms with E-state index in [1.807, 2.05) is 4.90 Å². The van der Waals surface area contributed by atoms with Crippen molar-refractivity contribution in [2.24, 2.45) is 0 Å². The highest BCUT2D eigenvalue weighted by Crippen LogP contribution is 2.47. The van der Waals surface area contributed by atoms with Crippen molar-refractivity contribution in [2.75, 3.05) is 24.6 Å². The minimum absolute atomic E-state index is 0.0216. The van der Waals surface area contributed by atoms with Crippen molar-refractivity contribution in [3.05, 3.63) is 62.7 Å². The molecule has 1 aliphatic carbocycles. The molecule has 1 amide bonds. The average Bonchev–Trinajstić information content (AvgIpc) is 3.69. The predicted octanol–water partition coefficient (Wildman–Crippen LogP) is 7.60. The van der Waals surface area contributed by atoms with Crippen LogP contribution in [0.15, 0.2) is 42.5 Å². The van der Waals surface area contributed by atoms with Gasteiger partial charge in [0.05, 0.1) is 40.2 Å².